The molecule has 0 aromatic carbocycles. The van der Waals surface area contributed by atoms with Gasteiger partial charge >= 0.3 is 0 Å². The molecule has 0 spiro atoms. The molecule has 0 N–H and O–H groups in total. The average molecular weight is 333 g/mol. The maximum Gasteiger partial charge on any atom is 0.150 e. The third-order valence-corrected chi connectivity index (χ3v) is 6.77. The standard InChI is InChI=1S/C15H25ClN2O2S/c1-5-14(16)15-10(2)17-18(11(15)3)12-7-6-8-13(9-12)21(4,19)20/h12-14H,5-9H2,1-4H3. The van der Waals surface area contributed by atoms with Gasteiger partial charge in [0.15, 0.2) is 0 Å². The third-order valence-electron chi connectivity index (χ3n) is 4.60. The molecule has 1 aromatic rings. The lowest BCUT2D eigenvalue weighted by Crippen LogP contribution is -2.29. The molecule has 4 nitrogen and oxygen atoms in total. The van der Waals surface area contributed by atoms with Gasteiger partial charge in [0.1, 0.15) is 9.84 Å². The Morgan fingerprint density at radius 3 is 2.62 bits per heavy atom. The summed E-state index contributed by atoms with van der Waals surface area (Å²) in [7, 11) is -2.97. The highest BCUT2D eigenvalue weighted by molar-refractivity contribution is 7.91. The number of halogens is 1. The van der Waals surface area contributed by atoms with Gasteiger partial charge in [-0.2, -0.15) is 5.10 Å². The summed E-state index contributed by atoms with van der Waals surface area (Å²) in [6.07, 6.45) is 5.58. The minimum absolute atomic E-state index is 0.0203. The molecule has 0 amide bonds. The summed E-state index contributed by atoms with van der Waals surface area (Å²) in [5.41, 5.74) is 3.17. The second kappa shape index (κ2) is 6.29. The van der Waals surface area contributed by atoms with Crippen molar-refractivity contribution in [3.63, 3.8) is 0 Å². The summed E-state index contributed by atoms with van der Waals surface area (Å²) in [6, 6.07) is 0.173. The Bertz CT molecular complexity index is 609. The second-order valence-electron chi connectivity index (χ2n) is 6.18. The molecule has 1 saturated carbocycles. The van der Waals surface area contributed by atoms with Gasteiger partial charge in [-0.25, -0.2) is 8.42 Å². The molecule has 3 unspecified atom stereocenters. The summed E-state index contributed by atoms with van der Waals surface area (Å²) < 4.78 is 25.7. The molecule has 2 rings (SSSR count). The minimum atomic E-state index is -2.97. The Labute approximate surface area is 132 Å². The predicted octanol–water partition coefficient (Wildman–Crippen LogP) is 3.72. The number of aromatic nitrogens is 2. The van der Waals surface area contributed by atoms with E-state index in [2.05, 4.69) is 12.0 Å². The number of rotatable bonds is 4. The fraction of sp³-hybridized carbons (Fsp3) is 0.800. The highest BCUT2D eigenvalue weighted by atomic mass is 35.5. The van der Waals surface area contributed by atoms with E-state index in [9.17, 15) is 8.42 Å². The van der Waals surface area contributed by atoms with Gasteiger partial charge in [0.05, 0.1) is 22.4 Å². The smallest absolute Gasteiger partial charge is 0.150 e. The first-order valence-electron chi connectivity index (χ1n) is 7.64. The van der Waals surface area contributed by atoms with E-state index < -0.39 is 9.84 Å². The number of aryl methyl sites for hydroxylation is 1. The van der Waals surface area contributed by atoms with Gasteiger partial charge in [-0.1, -0.05) is 13.3 Å². The van der Waals surface area contributed by atoms with E-state index in [4.69, 9.17) is 11.6 Å². The van der Waals surface area contributed by atoms with E-state index in [0.29, 0.717) is 6.42 Å². The van der Waals surface area contributed by atoms with Crippen LogP contribution in [0.3, 0.4) is 0 Å². The van der Waals surface area contributed by atoms with Crippen LogP contribution < -0.4 is 0 Å². The quantitative estimate of drug-likeness (QED) is 0.790. The van der Waals surface area contributed by atoms with Crippen LogP contribution in [0.1, 0.15) is 67.4 Å². The number of hydrogen-bond acceptors (Lipinski definition) is 3. The summed E-state index contributed by atoms with van der Waals surface area (Å²) in [4.78, 5) is 0. The SMILES string of the molecule is CCC(Cl)c1c(C)nn(C2CCCC(S(C)(=O)=O)C2)c1C. The van der Waals surface area contributed by atoms with Crippen molar-refractivity contribution in [3.05, 3.63) is 17.0 Å². The zero-order valence-electron chi connectivity index (χ0n) is 13.3. The first-order chi connectivity index (χ1) is 9.75. The van der Waals surface area contributed by atoms with Crippen LogP contribution in [0, 0.1) is 13.8 Å². The van der Waals surface area contributed by atoms with Crippen LogP contribution in [0.5, 0.6) is 0 Å². The zero-order valence-corrected chi connectivity index (χ0v) is 14.8. The van der Waals surface area contributed by atoms with Crippen molar-refractivity contribution in [1.82, 2.24) is 9.78 Å². The molecule has 1 heterocycles. The Hall–Kier alpha value is -0.550. The summed E-state index contributed by atoms with van der Waals surface area (Å²) >= 11 is 6.41. The van der Waals surface area contributed by atoms with Crippen molar-refractivity contribution in [2.45, 2.75) is 69.5 Å². The molecule has 1 aliphatic carbocycles. The van der Waals surface area contributed by atoms with Crippen molar-refractivity contribution in [2.24, 2.45) is 0 Å². The Morgan fingerprint density at radius 2 is 2.05 bits per heavy atom. The van der Waals surface area contributed by atoms with E-state index >= 15 is 0 Å². The van der Waals surface area contributed by atoms with Crippen molar-refractivity contribution in [2.75, 3.05) is 6.26 Å². The average Bonchev–Trinajstić information content (AvgIpc) is 2.72. The third kappa shape index (κ3) is 3.45. The normalized spacial score (nSPS) is 25.0. The Morgan fingerprint density at radius 1 is 1.38 bits per heavy atom. The monoisotopic (exact) mass is 332 g/mol. The van der Waals surface area contributed by atoms with Gasteiger partial charge in [0.25, 0.3) is 0 Å². The molecular weight excluding hydrogens is 308 g/mol. The molecule has 3 atom stereocenters. The van der Waals surface area contributed by atoms with Crippen LogP contribution in [0.15, 0.2) is 0 Å². The van der Waals surface area contributed by atoms with Crippen LogP contribution in [0.2, 0.25) is 0 Å². The first kappa shape index (κ1) is 16.8. The maximum atomic E-state index is 11.8. The molecule has 120 valence electrons. The number of nitrogens with zero attached hydrogens (tertiary/aromatic N) is 2. The van der Waals surface area contributed by atoms with Gasteiger partial charge in [0.2, 0.25) is 0 Å². The Kier molecular flexibility index (Phi) is 5.03. The highest BCUT2D eigenvalue weighted by Crippen LogP contribution is 2.36. The van der Waals surface area contributed by atoms with E-state index in [1.54, 1.807) is 0 Å². The van der Waals surface area contributed by atoms with Gasteiger partial charge in [-0.05, 0) is 39.5 Å². The van der Waals surface area contributed by atoms with E-state index in [-0.39, 0.29) is 16.7 Å². The molecule has 1 aliphatic rings. The molecule has 0 aliphatic heterocycles. The van der Waals surface area contributed by atoms with Crippen LogP contribution >= 0.6 is 11.6 Å². The van der Waals surface area contributed by atoms with Crippen molar-refractivity contribution in [3.8, 4) is 0 Å². The van der Waals surface area contributed by atoms with Crippen molar-refractivity contribution in [1.29, 1.82) is 0 Å². The summed E-state index contributed by atoms with van der Waals surface area (Å²) in [6.45, 7) is 6.10. The zero-order chi connectivity index (χ0) is 15.8. The second-order valence-corrected chi connectivity index (χ2v) is 9.03. The molecule has 0 saturated heterocycles. The molecule has 0 radical (unpaired) electrons. The number of sulfone groups is 1. The predicted molar refractivity (Wildman–Crippen MR) is 86.7 cm³/mol. The molecular formula is C15H25ClN2O2S. The van der Waals surface area contributed by atoms with Crippen LogP contribution in [0.4, 0.5) is 0 Å². The summed E-state index contributed by atoms with van der Waals surface area (Å²) in [5.74, 6) is 0. The van der Waals surface area contributed by atoms with E-state index in [1.807, 2.05) is 18.5 Å². The van der Waals surface area contributed by atoms with Gasteiger partial charge < -0.3 is 0 Å². The molecule has 21 heavy (non-hydrogen) atoms. The Balaban J connectivity index is 2.30. The molecule has 6 heteroatoms. The highest BCUT2D eigenvalue weighted by Gasteiger charge is 2.31. The topological polar surface area (TPSA) is 52.0 Å². The first-order valence-corrected chi connectivity index (χ1v) is 10.0. The molecule has 1 fully saturated rings. The van der Waals surface area contributed by atoms with E-state index in [0.717, 1.165) is 42.6 Å². The van der Waals surface area contributed by atoms with Crippen LogP contribution in [0.25, 0.3) is 0 Å². The van der Waals surface area contributed by atoms with E-state index in [1.165, 1.54) is 6.26 Å². The fourth-order valence-electron chi connectivity index (χ4n) is 3.42. The number of alkyl halides is 1. The van der Waals surface area contributed by atoms with Crippen molar-refractivity contribution < 1.29 is 8.42 Å². The van der Waals surface area contributed by atoms with Gasteiger partial charge in [0, 0.05) is 17.5 Å². The lowest BCUT2D eigenvalue weighted by atomic mass is 9.94. The van der Waals surface area contributed by atoms with Crippen LogP contribution in [-0.4, -0.2) is 29.7 Å². The van der Waals surface area contributed by atoms with Gasteiger partial charge in [-0.15, -0.1) is 11.6 Å². The minimum Gasteiger partial charge on any atom is -0.266 e. The van der Waals surface area contributed by atoms with Crippen molar-refractivity contribution >= 4 is 21.4 Å². The lowest BCUT2D eigenvalue weighted by molar-refractivity contribution is 0.324. The van der Waals surface area contributed by atoms with Gasteiger partial charge in [-0.3, -0.25) is 4.68 Å². The maximum absolute atomic E-state index is 11.8. The molecule has 0 bridgehead atoms. The lowest BCUT2D eigenvalue weighted by Gasteiger charge is -2.29. The molecule has 1 aromatic heterocycles. The largest absolute Gasteiger partial charge is 0.266 e. The fourth-order valence-corrected chi connectivity index (χ4v) is 4.90. The van der Waals surface area contributed by atoms with Crippen LogP contribution in [-0.2, 0) is 9.84 Å². The number of hydrogen-bond donors (Lipinski definition) is 0. The summed E-state index contributed by atoms with van der Waals surface area (Å²) in [5, 5.41) is 4.40.